The van der Waals surface area contributed by atoms with Crippen molar-refractivity contribution in [2.24, 2.45) is 5.41 Å². The zero-order valence-corrected chi connectivity index (χ0v) is 13.4. The van der Waals surface area contributed by atoms with Gasteiger partial charge in [0.05, 0.1) is 13.0 Å². The Balaban J connectivity index is 1.53. The zero-order chi connectivity index (χ0) is 16.3. The van der Waals surface area contributed by atoms with Gasteiger partial charge < -0.3 is 9.64 Å². The van der Waals surface area contributed by atoms with Gasteiger partial charge in [0.2, 0.25) is 0 Å². The zero-order valence-electron chi connectivity index (χ0n) is 13.4. The molecule has 23 heavy (non-hydrogen) atoms. The Hall–Kier alpha value is -1.39. The molecular formula is C18H24F3NO. The van der Waals surface area contributed by atoms with Crippen LogP contribution in [0, 0.1) is 5.41 Å². The van der Waals surface area contributed by atoms with Crippen molar-refractivity contribution >= 4 is 5.69 Å². The van der Waals surface area contributed by atoms with E-state index in [1.165, 1.54) is 38.5 Å². The first-order chi connectivity index (χ1) is 11.0. The Morgan fingerprint density at radius 1 is 1.00 bits per heavy atom. The third-order valence-corrected chi connectivity index (χ3v) is 5.21. The minimum atomic E-state index is -4.16. The highest BCUT2D eigenvalue weighted by atomic mass is 19.4. The van der Waals surface area contributed by atoms with E-state index in [0.717, 1.165) is 18.8 Å². The minimum Gasteiger partial charge on any atom is -0.493 e. The molecule has 2 nitrogen and oxygen atoms in total. The monoisotopic (exact) mass is 327 g/mol. The Morgan fingerprint density at radius 2 is 1.70 bits per heavy atom. The molecule has 0 amide bonds. The summed E-state index contributed by atoms with van der Waals surface area (Å²) in [6.45, 7) is 1.87. The van der Waals surface area contributed by atoms with Crippen LogP contribution >= 0.6 is 0 Å². The van der Waals surface area contributed by atoms with Gasteiger partial charge >= 0.3 is 6.18 Å². The molecule has 128 valence electrons. The Morgan fingerprint density at radius 3 is 2.35 bits per heavy atom. The molecule has 0 aromatic heterocycles. The van der Waals surface area contributed by atoms with Gasteiger partial charge in [0.25, 0.3) is 0 Å². The quantitative estimate of drug-likeness (QED) is 0.755. The van der Waals surface area contributed by atoms with Crippen LogP contribution in [0.15, 0.2) is 24.3 Å². The summed E-state index contributed by atoms with van der Waals surface area (Å²) in [6, 6.07) is 7.48. The molecular weight excluding hydrogens is 303 g/mol. The molecule has 5 heteroatoms. The summed E-state index contributed by atoms with van der Waals surface area (Å²) in [4.78, 5) is 2.41. The molecule has 3 rings (SSSR count). The van der Waals surface area contributed by atoms with Crippen molar-refractivity contribution in [3.05, 3.63) is 24.3 Å². The van der Waals surface area contributed by atoms with Crippen LogP contribution in [0.2, 0.25) is 0 Å². The number of anilines is 1. The lowest BCUT2D eigenvalue weighted by atomic mass is 9.73. The Labute approximate surface area is 135 Å². The lowest BCUT2D eigenvalue weighted by Gasteiger charge is -2.33. The SMILES string of the molecule is FC(F)(F)CCOc1ccc(N2CCC3(CCCCC3)C2)cc1. The molecule has 1 saturated heterocycles. The van der Waals surface area contributed by atoms with Crippen molar-refractivity contribution in [2.75, 3.05) is 24.6 Å². The number of ether oxygens (including phenoxy) is 1. The molecule has 1 aromatic carbocycles. The maximum atomic E-state index is 12.1. The molecule has 2 fully saturated rings. The van der Waals surface area contributed by atoms with Gasteiger partial charge in [0.1, 0.15) is 5.75 Å². The van der Waals surface area contributed by atoms with Crippen molar-refractivity contribution in [3.63, 3.8) is 0 Å². The van der Waals surface area contributed by atoms with Crippen LogP contribution in [-0.4, -0.2) is 25.9 Å². The van der Waals surface area contributed by atoms with Gasteiger partial charge in [-0.25, -0.2) is 0 Å². The molecule has 0 N–H and O–H groups in total. The van der Waals surface area contributed by atoms with E-state index >= 15 is 0 Å². The van der Waals surface area contributed by atoms with Crippen molar-refractivity contribution < 1.29 is 17.9 Å². The molecule has 0 unspecified atom stereocenters. The van der Waals surface area contributed by atoms with Crippen LogP contribution in [-0.2, 0) is 0 Å². The molecule has 1 saturated carbocycles. The minimum absolute atomic E-state index is 0.324. The highest BCUT2D eigenvalue weighted by Gasteiger charge is 2.38. The van der Waals surface area contributed by atoms with Crippen LogP contribution in [0.1, 0.15) is 44.9 Å². The van der Waals surface area contributed by atoms with E-state index in [1.54, 1.807) is 12.1 Å². The molecule has 0 radical (unpaired) electrons. The van der Waals surface area contributed by atoms with Crippen molar-refractivity contribution in [1.82, 2.24) is 0 Å². The third-order valence-electron chi connectivity index (χ3n) is 5.21. The molecule has 0 atom stereocenters. The number of nitrogens with zero attached hydrogens (tertiary/aromatic N) is 1. The van der Waals surface area contributed by atoms with E-state index in [9.17, 15) is 13.2 Å². The van der Waals surface area contributed by atoms with E-state index < -0.39 is 12.6 Å². The summed E-state index contributed by atoms with van der Waals surface area (Å²) < 4.78 is 41.5. The second-order valence-electron chi connectivity index (χ2n) is 6.94. The Bertz CT molecular complexity index is 506. The number of halogens is 3. The first-order valence-electron chi connectivity index (χ1n) is 8.50. The molecule has 1 aromatic rings. The predicted octanol–water partition coefficient (Wildman–Crippen LogP) is 5.18. The number of hydrogen-bond acceptors (Lipinski definition) is 2. The maximum absolute atomic E-state index is 12.1. The van der Waals surface area contributed by atoms with Crippen LogP contribution in [0.4, 0.5) is 18.9 Å². The van der Waals surface area contributed by atoms with Crippen LogP contribution in [0.3, 0.4) is 0 Å². The largest absolute Gasteiger partial charge is 0.493 e. The maximum Gasteiger partial charge on any atom is 0.392 e. The number of rotatable bonds is 4. The van der Waals surface area contributed by atoms with Gasteiger partial charge in [-0.1, -0.05) is 19.3 Å². The first-order valence-corrected chi connectivity index (χ1v) is 8.50. The highest BCUT2D eigenvalue weighted by Crippen LogP contribution is 2.44. The van der Waals surface area contributed by atoms with Crippen LogP contribution < -0.4 is 9.64 Å². The average Bonchev–Trinajstić information content (AvgIpc) is 2.91. The van der Waals surface area contributed by atoms with Gasteiger partial charge in [-0.05, 0) is 48.9 Å². The third kappa shape index (κ3) is 4.33. The Kier molecular flexibility index (Phi) is 4.74. The normalized spacial score (nSPS) is 20.9. The van der Waals surface area contributed by atoms with Gasteiger partial charge in [-0.15, -0.1) is 0 Å². The van der Waals surface area contributed by atoms with E-state index in [2.05, 4.69) is 4.90 Å². The lowest BCUT2D eigenvalue weighted by Crippen LogP contribution is -2.29. The summed E-state index contributed by atoms with van der Waals surface area (Å²) in [7, 11) is 0. The van der Waals surface area contributed by atoms with Crippen molar-refractivity contribution in [2.45, 2.75) is 51.1 Å². The average molecular weight is 327 g/mol. The van der Waals surface area contributed by atoms with Crippen molar-refractivity contribution in [1.29, 1.82) is 0 Å². The smallest absolute Gasteiger partial charge is 0.392 e. The van der Waals surface area contributed by atoms with Gasteiger partial charge in [-0.2, -0.15) is 13.2 Å². The number of alkyl halides is 3. The van der Waals surface area contributed by atoms with E-state index in [-0.39, 0.29) is 6.61 Å². The van der Waals surface area contributed by atoms with Crippen molar-refractivity contribution in [3.8, 4) is 5.75 Å². The predicted molar refractivity (Wildman–Crippen MR) is 85.0 cm³/mol. The second kappa shape index (κ2) is 6.62. The molecule has 1 aliphatic carbocycles. The number of benzene rings is 1. The summed E-state index contributed by atoms with van der Waals surface area (Å²) in [5.74, 6) is 0.504. The molecule has 1 heterocycles. The topological polar surface area (TPSA) is 12.5 Å². The first kappa shape index (κ1) is 16.5. The molecule has 2 aliphatic rings. The fourth-order valence-electron chi connectivity index (χ4n) is 3.90. The van der Waals surface area contributed by atoms with Gasteiger partial charge in [0, 0.05) is 18.8 Å². The summed E-state index contributed by atoms with van der Waals surface area (Å²) in [5.41, 5.74) is 1.65. The molecule has 1 spiro atoms. The standard InChI is InChI=1S/C18H24F3NO/c19-18(20,21)11-13-23-16-6-4-15(5-7-16)22-12-10-17(14-22)8-2-1-3-9-17/h4-7H,1-3,8-14H2. The summed E-state index contributed by atoms with van der Waals surface area (Å²) >= 11 is 0. The fourth-order valence-corrected chi connectivity index (χ4v) is 3.90. The van der Waals surface area contributed by atoms with E-state index in [0.29, 0.717) is 11.2 Å². The van der Waals surface area contributed by atoms with E-state index in [1.807, 2.05) is 12.1 Å². The fraction of sp³-hybridized carbons (Fsp3) is 0.667. The second-order valence-corrected chi connectivity index (χ2v) is 6.94. The number of hydrogen-bond donors (Lipinski definition) is 0. The summed E-state index contributed by atoms with van der Waals surface area (Å²) in [5, 5.41) is 0. The highest BCUT2D eigenvalue weighted by molar-refractivity contribution is 5.50. The molecule has 0 bridgehead atoms. The van der Waals surface area contributed by atoms with E-state index in [4.69, 9.17) is 4.74 Å². The van der Waals surface area contributed by atoms with Crippen LogP contribution in [0.25, 0.3) is 0 Å². The summed E-state index contributed by atoms with van der Waals surface area (Å²) in [6.07, 6.45) is 2.92. The van der Waals surface area contributed by atoms with Gasteiger partial charge in [-0.3, -0.25) is 0 Å². The van der Waals surface area contributed by atoms with Gasteiger partial charge in [0.15, 0.2) is 0 Å². The molecule has 1 aliphatic heterocycles. The lowest BCUT2D eigenvalue weighted by molar-refractivity contribution is -0.139. The van der Waals surface area contributed by atoms with Crippen LogP contribution in [0.5, 0.6) is 5.75 Å².